The molecule has 2 aromatic carbocycles. The number of aromatic nitrogens is 6. The van der Waals surface area contributed by atoms with Gasteiger partial charge in [-0.15, -0.1) is 0 Å². The third kappa shape index (κ3) is 6.71. The van der Waals surface area contributed by atoms with Crippen molar-refractivity contribution < 1.29 is 13.5 Å². The zero-order valence-electron chi connectivity index (χ0n) is 26.7. The zero-order valence-corrected chi connectivity index (χ0v) is 27.5. The van der Waals surface area contributed by atoms with Crippen LogP contribution in [0.4, 0.5) is 31.2 Å². The Balaban J connectivity index is 0.000000171. The van der Waals surface area contributed by atoms with Crippen LogP contribution in [0.2, 0.25) is 0 Å². The first-order valence-corrected chi connectivity index (χ1v) is 16.3. The Morgan fingerprint density at radius 3 is 1.96 bits per heavy atom. The van der Waals surface area contributed by atoms with Crippen molar-refractivity contribution >= 4 is 55.8 Å². The Hall–Kier alpha value is -5.66. The molecule has 0 radical (unpaired) electrons. The van der Waals surface area contributed by atoms with E-state index in [1.165, 1.54) is 35.8 Å². The van der Waals surface area contributed by atoms with Gasteiger partial charge in [-0.1, -0.05) is 12.1 Å². The Kier molecular flexibility index (Phi) is 9.01. The maximum absolute atomic E-state index is 13.9. The lowest BCUT2D eigenvalue weighted by Gasteiger charge is -2.25. The molecule has 0 bridgehead atoms. The van der Waals surface area contributed by atoms with E-state index in [-0.39, 0.29) is 11.6 Å². The van der Waals surface area contributed by atoms with Crippen LogP contribution in [0.1, 0.15) is 11.1 Å². The molecule has 1 aliphatic heterocycles. The molecule has 10 nitrogen and oxygen atoms in total. The number of anilines is 4. The van der Waals surface area contributed by atoms with Gasteiger partial charge >= 0.3 is 0 Å². The number of ether oxygens (including phenoxy) is 1. The van der Waals surface area contributed by atoms with Gasteiger partial charge in [0.05, 0.1) is 52.7 Å². The van der Waals surface area contributed by atoms with Gasteiger partial charge in [-0.05, 0) is 62.4 Å². The van der Waals surface area contributed by atoms with E-state index >= 15 is 0 Å². The second-order valence-corrected chi connectivity index (χ2v) is 12.1. The minimum Gasteiger partial charge on any atom is -0.398 e. The van der Waals surface area contributed by atoms with E-state index < -0.39 is 0 Å². The molecule has 8 rings (SSSR count). The number of nitrogen functional groups attached to an aromatic ring is 1. The number of hydrogen-bond donors (Lipinski definition) is 2. The minimum absolute atomic E-state index is 0.324. The average Bonchev–Trinajstić information content (AvgIpc) is 3.61. The molecular formula is C36H31F2N9OS. The highest BCUT2D eigenvalue weighted by Gasteiger charge is 2.19. The molecule has 1 fully saturated rings. The van der Waals surface area contributed by atoms with E-state index in [1.54, 1.807) is 24.5 Å². The van der Waals surface area contributed by atoms with Gasteiger partial charge in [0.1, 0.15) is 11.6 Å². The van der Waals surface area contributed by atoms with Crippen molar-refractivity contribution in [2.75, 3.05) is 42.3 Å². The molecule has 246 valence electrons. The van der Waals surface area contributed by atoms with Gasteiger partial charge < -0.3 is 20.7 Å². The molecule has 0 saturated carbocycles. The summed E-state index contributed by atoms with van der Waals surface area (Å²) in [6.45, 7) is 6.85. The van der Waals surface area contributed by atoms with Crippen LogP contribution < -0.4 is 16.0 Å². The average molecular weight is 676 g/mol. The lowest BCUT2D eigenvalue weighted by Crippen LogP contribution is -2.36. The number of rotatable bonds is 5. The SMILES string of the molecule is Cc1c(-c2ccccn2)nc2cc(F)ccc2c1N.Cc1c(-c2ccccn2)nc2cc(F)ccc2c1Nc1nsc(N2CCOCC2)n1. The summed E-state index contributed by atoms with van der Waals surface area (Å²) in [6, 6.07) is 20.3. The first-order valence-electron chi connectivity index (χ1n) is 15.6. The normalized spacial score (nSPS) is 12.9. The van der Waals surface area contributed by atoms with Crippen molar-refractivity contribution in [3.05, 3.63) is 108 Å². The molecule has 5 aromatic heterocycles. The van der Waals surface area contributed by atoms with Crippen LogP contribution in [0.25, 0.3) is 44.6 Å². The Bertz CT molecular complexity index is 2260. The quantitative estimate of drug-likeness (QED) is 0.189. The molecule has 0 aliphatic carbocycles. The lowest BCUT2D eigenvalue weighted by molar-refractivity contribution is 0.122. The molecule has 1 aliphatic rings. The summed E-state index contributed by atoms with van der Waals surface area (Å²) in [4.78, 5) is 24.7. The molecular weight excluding hydrogens is 645 g/mol. The summed E-state index contributed by atoms with van der Waals surface area (Å²) in [5.74, 6) is -0.151. The first-order chi connectivity index (χ1) is 23.9. The van der Waals surface area contributed by atoms with Crippen LogP contribution in [-0.2, 0) is 4.74 Å². The van der Waals surface area contributed by atoms with Crippen LogP contribution in [0.3, 0.4) is 0 Å². The fraction of sp³-hybridized carbons (Fsp3) is 0.167. The molecule has 1 saturated heterocycles. The maximum Gasteiger partial charge on any atom is 0.240 e. The number of hydrogen-bond acceptors (Lipinski definition) is 11. The van der Waals surface area contributed by atoms with Gasteiger partial charge in [-0.2, -0.15) is 9.36 Å². The van der Waals surface area contributed by atoms with Crippen molar-refractivity contribution in [3.63, 3.8) is 0 Å². The predicted octanol–water partition coefficient (Wildman–Crippen LogP) is 7.50. The summed E-state index contributed by atoms with van der Waals surface area (Å²) < 4.78 is 37.1. The van der Waals surface area contributed by atoms with E-state index in [9.17, 15) is 8.78 Å². The van der Waals surface area contributed by atoms with Gasteiger partial charge in [-0.3, -0.25) is 9.97 Å². The topological polar surface area (TPSA) is 128 Å². The van der Waals surface area contributed by atoms with Crippen molar-refractivity contribution in [1.82, 2.24) is 29.3 Å². The lowest BCUT2D eigenvalue weighted by atomic mass is 10.0. The van der Waals surface area contributed by atoms with E-state index in [0.717, 1.165) is 57.2 Å². The van der Waals surface area contributed by atoms with Crippen molar-refractivity contribution in [3.8, 4) is 22.8 Å². The summed E-state index contributed by atoms with van der Waals surface area (Å²) >= 11 is 1.35. The summed E-state index contributed by atoms with van der Waals surface area (Å²) in [7, 11) is 0. The van der Waals surface area contributed by atoms with E-state index in [0.29, 0.717) is 47.3 Å². The third-order valence-electron chi connectivity index (χ3n) is 8.18. The van der Waals surface area contributed by atoms with Crippen LogP contribution in [0.15, 0.2) is 85.2 Å². The largest absolute Gasteiger partial charge is 0.398 e. The molecule has 49 heavy (non-hydrogen) atoms. The van der Waals surface area contributed by atoms with Gasteiger partial charge in [-0.25, -0.2) is 18.7 Å². The number of nitrogens with one attached hydrogen (secondary N) is 1. The van der Waals surface area contributed by atoms with Gasteiger partial charge in [0.15, 0.2) is 0 Å². The highest BCUT2D eigenvalue weighted by atomic mass is 32.1. The Morgan fingerprint density at radius 1 is 0.755 bits per heavy atom. The number of morpholine rings is 1. The number of benzene rings is 2. The smallest absolute Gasteiger partial charge is 0.240 e. The first kappa shape index (κ1) is 31.9. The fourth-order valence-electron chi connectivity index (χ4n) is 5.62. The minimum atomic E-state index is -0.335. The van der Waals surface area contributed by atoms with Crippen molar-refractivity contribution in [1.29, 1.82) is 0 Å². The zero-order chi connectivity index (χ0) is 33.9. The molecule has 13 heteroatoms. The van der Waals surface area contributed by atoms with Crippen LogP contribution >= 0.6 is 11.5 Å². The van der Waals surface area contributed by atoms with E-state index in [4.69, 9.17) is 10.5 Å². The summed E-state index contributed by atoms with van der Waals surface area (Å²) in [5.41, 5.74) is 13.2. The molecule has 0 unspecified atom stereocenters. The molecule has 3 N–H and O–H groups in total. The Morgan fingerprint density at radius 2 is 1.35 bits per heavy atom. The number of fused-ring (bicyclic) bond motifs is 2. The molecule has 0 spiro atoms. The number of halogens is 2. The Labute approximate surface area is 284 Å². The van der Waals surface area contributed by atoms with Crippen LogP contribution in [0.5, 0.6) is 0 Å². The maximum atomic E-state index is 13.9. The standard InChI is InChI=1S/C21H19FN6OS.C15H12FN3/c1-13-18(25-20-26-21(30-27-20)28-8-10-29-11-9-28)15-6-5-14(22)12-17(15)24-19(13)16-4-2-3-7-23-16;1-9-14(17)11-6-5-10(16)8-13(11)19-15(9)12-4-2-3-7-18-12/h2-7,12H,8-11H2,1H3,(H,24,25,27);2-8H,1H3,(H2,17,19). The summed E-state index contributed by atoms with van der Waals surface area (Å²) in [5, 5.41) is 5.76. The second-order valence-electron chi connectivity index (χ2n) is 11.3. The van der Waals surface area contributed by atoms with Gasteiger partial charge in [0.2, 0.25) is 11.1 Å². The van der Waals surface area contributed by atoms with E-state index in [1.807, 2.05) is 50.2 Å². The molecule has 7 aromatic rings. The number of nitrogens with zero attached hydrogens (tertiary/aromatic N) is 7. The molecule has 6 heterocycles. The molecule has 0 amide bonds. The van der Waals surface area contributed by atoms with Crippen molar-refractivity contribution in [2.45, 2.75) is 13.8 Å². The van der Waals surface area contributed by atoms with Gasteiger partial charge in [0.25, 0.3) is 0 Å². The fourth-order valence-corrected chi connectivity index (χ4v) is 6.30. The highest BCUT2D eigenvalue weighted by Crippen LogP contribution is 2.35. The number of pyridine rings is 4. The van der Waals surface area contributed by atoms with Gasteiger partial charge in [0, 0.05) is 76.7 Å². The van der Waals surface area contributed by atoms with E-state index in [2.05, 4.69) is 39.5 Å². The highest BCUT2D eigenvalue weighted by molar-refractivity contribution is 7.09. The van der Waals surface area contributed by atoms with Crippen molar-refractivity contribution in [2.24, 2.45) is 0 Å². The molecule has 0 atom stereocenters. The van der Waals surface area contributed by atoms with Crippen LogP contribution in [0, 0.1) is 25.5 Å². The third-order valence-corrected chi connectivity index (χ3v) is 8.96. The number of nitrogens with two attached hydrogens (primary N) is 1. The van der Waals surface area contributed by atoms with Crippen LogP contribution in [-0.4, -0.2) is 55.6 Å². The monoisotopic (exact) mass is 675 g/mol. The second kappa shape index (κ2) is 13.8. The summed E-state index contributed by atoms with van der Waals surface area (Å²) in [6.07, 6.45) is 3.42. The predicted molar refractivity (Wildman–Crippen MR) is 190 cm³/mol.